The Kier molecular flexibility index (Phi) is 3.59. The largest absolute Gasteiger partial charge is 0.356 e. The minimum atomic E-state index is 1.11. The highest BCUT2D eigenvalue weighted by Crippen LogP contribution is 2.33. The maximum Gasteiger partial charge on any atom is 0.137 e. The SMILES string of the molecule is Cc1ccc2c(N3CCCCC3)nc(-c3cccs3)cc2c1. The van der Waals surface area contributed by atoms with Gasteiger partial charge in [0.15, 0.2) is 0 Å². The molecule has 2 nitrogen and oxygen atoms in total. The second kappa shape index (κ2) is 5.73. The lowest BCUT2D eigenvalue weighted by atomic mass is 10.1. The first kappa shape index (κ1) is 13.8. The van der Waals surface area contributed by atoms with Gasteiger partial charge in [-0.25, -0.2) is 4.98 Å². The molecule has 3 heteroatoms. The minimum Gasteiger partial charge on any atom is -0.356 e. The van der Waals surface area contributed by atoms with Gasteiger partial charge in [-0.2, -0.15) is 0 Å². The summed E-state index contributed by atoms with van der Waals surface area (Å²) in [6.45, 7) is 4.42. The van der Waals surface area contributed by atoms with Crippen LogP contribution >= 0.6 is 11.3 Å². The average molecular weight is 308 g/mol. The fourth-order valence-electron chi connectivity index (χ4n) is 3.26. The number of hydrogen-bond acceptors (Lipinski definition) is 3. The summed E-state index contributed by atoms with van der Waals surface area (Å²) in [6, 6.07) is 13.2. The number of fused-ring (bicyclic) bond motifs is 1. The Balaban J connectivity index is 1.91. The molecule has 0 spiro atoms. The number of hydrogen-bond donors (Lipinski definition) is 0. The fourth-order valence-corrected chi connectivity index (χ4v) is 3.94. The second-order valence-corrected chi connectivity index (χ2v) is 7.03. The summed E-state index contributed by atoms with van der Waals surface area (Å²) in [6.07, 6.45) is 3.90. The Bertz CT molecular complexity index is 787. The van der Waals surface area contributed by atoms with Crippen molar-refractivity contribution >= 4 is 27.9 Å². The van der Waals surface area contributed by atoms with Gasteiger partial charge in [0.1, 0.15) is 5.82 Å². The van der Waals surface area contributed by atoms with E-state index in [9.17, 15) is 0 Å². The molecule has 1 fully saturated rings. The van der Waals surface area contributed by atoms with Crippen LogP contribution in [0.2, 0.25) is 0 Å². The Morgan fingerprint density at radius 2 is 1.91 bits per heavy atom. The van der Waals surface area contributed by atoms with Crippen molar-refractivity contribution in [1.29, 1.82) is 0 Å². The summed E-state index contributed by atoms with van der Waals surface area (Å²) < 4.78 is 0. The molecule has 112 valence electrons. The third-order valence-electron chi connectivity index (χ3n) is 4.40. The Morgan fingerprint density at radius 1 is 1.05 bits per heavy atom. The highest BCUT2D eigenvalue weighted by atomic mass is 32.1. The smallest absolute Gasteiger partial charge is 0.137 e. The number of piperidine rings is 1. The van der Waals surface area contributed by atoms with Gasteiger partial charge in [-0.05, 0) is 49.1 Å². The van der Waals surface area contributed by atoms with Crippen molar-refractivity contribution in [2.24, 2.45) is 0 Å². The number of anilines is 1. The first-order chi connectivity index (χ1) is 10.8. The molecule has 1 aliphatic rings. The van der Waals surface area contributed by atoms with Gasteiger partial charge in [-0.3, -0.25) is 0 Å². The highest BCUT2D eigenvalue weighted by Gasteiger charge is 2.17. The first-order valence-electron chi connectivity index (χ1n) is 8.01. The van der Waals surface area contributed by atoms with Crippen molar-refractivity contribution in [3.8, 4) is 10.6 Å². The van der Waals surface area contributed by atoms with E-state index in [4.69, 9.17) is 4.98 Å². The predicted molar refractivity (Wildman–Crippen MR) is 95.9 cm³/mol. The zero-order valence-electron chi connectivity index (χ0n) is 12.9. The van der Waals surface area contributed by atoms with Crippen LogP contribution in [0, 0.1) is 6.92 Å². The number of aryl methyl sites for hydroxylation is 1. The van der Waals surface area contributed by atoms with Gasteiger partial charge in [0.25, 0.3) is 0 Å². The lowest BCUT2D eigenvalue weighted by Gasteiger charge is -2.29. The lowest BCUT2D eigenvalue weighted by molar-refractivity contribution is 0.575. The summed E-state index contributed by atoms with van der Waals surface area (Å²) in [4.78, 5) is 8.76. The van der Waals surface area contributed by atoms with Crippen molar-refractivity contribution < 1.29 is 0 Å². The van der Waals surface area contributed by atoms with E-state index in [1.54, 1.807) is 11.3 Å². The summed E-state index contributed by atoms with van der Waals surface area (Å²) in [7, 11) is 0. The molecule has 2 aromatic heterocycles. The van der Waals surface area contributed by atoms with Crippen molar-refractivity contribution in [2.45, 2.75) is 26.2 Å². The molecular formula is C19H20N2S. The van der Waals surface area contributed by atoms with Crippen LogP contribution in [0.15, 0.2) is 41.8 Å². The zero-order chi connectivity index (χ0) is 14.9. The van der Waals surface area contributed by atoms with E-state index in [0.717, 1.165) is 18.8 Å². The van der Waals surface area contributed by atoms with Crippen LogP contribution < -0.4 is 4.90 Å². The van der Waals surface area contributed by atoms with Crippen LogP contribution in [-0.2, 0) is 0 Å². The average Bonchev–Trinajstić information content (AvgIpc) is 3.09. The van der Waals surface area contributed by atoms with Crippen LogP contribution in [0.4, 0.5) is 5.82 Å². The van der Waals surface area contributed by atoms with Crippen molar-refractivity contribution in [2.75, 3.05) is 18.0 Å². The van der Waals surface area contributed by atoms with Gasteiger partial charge in [-0.15, -0.1) is 11.3 Å². The summed E-state index contributed by atoms with van der Waals surface area (Å²) in [5.41, 5.74) is 2.41. The van der Waals surface area contributed by atoms with E-state index in [-0.39, 0.29) is 0 Å². The van der Waals surface area contributed by atoms with Gasteiger partial charge in [0.05, 0.1) is 10.6 Å². The van der Waals surface area contributed by atoms with Crippen LogP contribution in [-0.4, -0.2) is 18.1 Å². The number of nitrogens with zero attached hydrogens (tertiary/aromatic N) is 2. The third-order valence-corrected chi connectivity index (χ3v) is 5.29. The van der Waals surface area contributed by atoms with E-state index in [1.807, 2.05) is 0 Å². The maximum absolute atomic E-state index is 5.03. The molecule has 0 saturated carbocycles. The molecular weight excluding hydrogens is 288 g/mol. The molecule has 1 aromatic carbocycles. The molecule has 3 heterocycles. The number of rotatable bonds is 2. The molecule has 0 bridgehead atoms. The number of thiophene rings is 1. The first-order valence-corrected chi connectivity index (χ1v) is 8.89. The quantitative estimate of drug-likeness (QED) is 0.642. The Hall–Kier alpha value is -1.87. The molecule has 0 N–H and O–H groups in total. The van der Waals surface area contributed by atoms with Crippen LogP contribution in [0.3, 0.4) is 0 Å². The van der Waals surface area contributed by atoms with E-state index in [2.05, 4.69) is 53.6 Å². The van der Waals surface area contributed by atoms with Gasteiger partial charge in [0.2, 0.25) is 0 Å². The van der Waals surface area contributed by atoms with E-state index < -0.39 is 0 Å². The topological polar surface area (TPSA) is 16.1 Å². The molecule has 1 saturated heterocycles. The van der Waals surface area contributed by atoms with E-state index in [1.165, 1.54) is 46.3 Å². The molecule has 0 aliphatic carbocycles. The Morgan fingerprint density at radius 3 is 2.68 bits per heavy atom. The molecule has 3 aromatic rings. The predicted octanol–water partition coefficient (Wildman–Crippen LogP) is 5.26. The summed E-state index contributed by atoms with van der Waals surface area (Å²) >= 11 is 1.76. The molecule has 0 amide bonds. The molecule has 0 unspecified atom stereocenters. The standard InChI is InChI=1S/C19H20N2S/c1-14-7-8-16-15(12-14)13-17(18-6-5-11-22-18)20-19(16)21-9-3-2-4-10-21/h5-8,11-13H,2-4,9-10H2,1H3. The van der Waals surface area contributed by atoms with Crippen LogP contribution in [0.5, 0.6) is 0 Å². The molecule has 4 rings (SSSR count). The number of pyridine rings is 1. The molecule has 0 atom stereocenters. The van der Waals surface area contributed by atoms with E-state index >= 15 is 0 Å². The van der Waals surface area contributed by atoms with Gasteiger partial charge in [0, 0.05) is 18.5 Å². The van der Waals surface area contributed by atoms with Gasteiger partial charge >= 0.3 is 0 Å². The van der Waals surface area contributed by atoms with E-state index in [0.29, 0.717) is 0 Å². The number of benzene rings is 1. The van der Waals surface area contributed by atoms with Crippen LogP contribution in [0.25, 0.3) is 21.3 Å². The summed E-state index contributed by atoms with van der Waals surface area (Å²) in [5, 5.41) is 4.71. The highest BCUT2D eigenvalue weighted by molar-refractivity contribution is 7.13. The summed E-state index contributed by atoms with van der Waals surface area (Å²) in [5.74, 6) is 1.17. The fraction of sp³-hybridized carbons (Fsp3) is 0.316. The minimum absolute atomic E-state index is 1.11. The number of aromatic nitrogens is 1. The third kappa shape index (κ3) is 2.50. The van der Waals surface area contributed by atoms with Crippen LogP contribution in [0.1, 0.15) is 24.8 Å². The lowest BCUT2D eigenvalue weighted by Crippen LogP contribution is -2.30. The molecule has 0 radical (unpaired) electrons. The normalized spacial score (nSPS) is 15.4. The zero-order valence-corrected chi connectivity index (χ0v) is 13.7. The van der Waals surface area contributed by atoms with Crippen molar-refractivity contribution in [3.63, 3.8) is 0 Å². The van der Waals surface area contributed by atoms with Crippen molar-refractivity contribution in [3.05, 3.63) is 47.3 Å². The molecule has 22 heavy (non-hydrogen) atoms. The monoisotopic (exact) mass is 308 g/mol. The second-order valence-electron chi connectivity index (χ2n) is 6.08. The maximum atomic E-state index is 5.03. The van der Waals surface area contributed by atoms with Gasteiger partial charge in [-0.1, -0.05) is 29.8 Å². The molecule has 1 aliphatic heterocycles. The van der Waals surface area contributed by atoms with Gasteiger partial charge < -0.3 is 4.90 Å². The van der Waals surface area contributed by atoms with Crippen molar-refractivity contribution in [1.82, 2.24) is 4.98 Å². The Labute approximate surface area is 135 Å².